The number of rotatable bonds is 5. The van der Waals surface area contributed by atoms with E-state index in [1.165, 1.54) is 11.1 Å². The van der Waals surface area contributed by atoms with Crippen molar-refractivity contribution in [2.45, 2.75) is 44.6 Å². The first-order valence-corrected chi connectivity index (χ1v) is 10.8. The van der Waals surface area contributed by atoms with E-state index in [2.05, 4.69) is 29.6 Å². The summed E-state index contributed by atoms with van der Waals surface area (Å²) in [6, 6.07) is 15.7. The van der Waals surface area contributed by atoms with Crippen molar-refractivity contribution in [2.24, 2.45) is 5.73 Å². The zero-order chi connectivity index (χ0) is 20.9. The third kappa shape index (κ3) is 4.79. The third-order valence-electron chi connectivity index (χ3n) is 6.15. The number of hydrogen-bond acceptors (Lipinski definition) is 3. The number of hydrogen-bond donors (Lipinski definition) is 2. The average Bonchev–Trinajstić information content (AvgIpc) is 2.76. The Hall–Kier alpha value is -2.92. The van der Waals surface area contributed by atoms with E-state index in [4.69, 9.17) is 5.73 Å². The van der Waals surface area contributed by atoms with Gasteiger partial charge in [-0.25, -0.2) is 0 Å². The van der Waals surface area contributed by atoms with Gasteiger partial charge in [-0.1, -0.05) is 35.9 Å². The first-order chi connectivity index (χ1) is 14.6. The zero-order valence-electron chi connectivity index (χ0n) is 17.3. The van der Waals surface area contributed by atoms with Crippen molar-refractivity contribution < 1.29 is 9.59 Å². The van der Waals surface area contributed by atoms with Crippen molar-refractivity contribution in [2.75, 3.05) is 18.4 Å². The second-order valence-corrected chi connectivity index (χ2v) is 8.24. The molecule has 0 unspecified atom stereocenters. The fraction of sp³-hybridized carbons (Fsp3) is 0.360. The molecule has 2 amide bonds. The number of likely N-dealkylation sites (tertiary alicyclic amines) is 1. The second kappa shape index (κ2) is 9.26. The molecule has 1 aliphatic heterocycles. The standard InChI is InChI=1S/C25H29N3O2/c26-17-19-6-2-7-21(14-19)20-10-12-28(13-11-20)25(30)22-8-3-9-23(16-22)27-24(29)15-18-4-1-5-18/h2-3,6-9,14-16,20H,1,4-5,10-13,17,26H2,(H,27,29). The first kappa shape index (κ1) is 20.4. The van der Waals surface area contributed by atoms with Gasteiger partial charge >= 0.3 is 0 Å². The summed E-state index contributed by atoms with van der Waals surface area (Å²) in [6.07, 6.45) is 6.77. The molecule has 0 spiro atoms. The molecule has 0 bridgehead atoms. The zero-order valence-corrected chi connectivity index (χ0v) is 17.3. The second-order valence-electron chi connectivity index (χ2n) is 8.24. The summed E-state index contributed by atoms with van der Waals surface area (Å²) in [7, 11) is 0. The van der Waals surface area contributed by atoms with Crippen LogP contribution in [0.25, 0.3) is 0 Å². The lowest BCUT2D eigenvalue weighted by molar-refractivity contribution is -0.112. The molecule has 1 saturated carbocycles. The molecule has 0 atom stereocenters. The number of nitrogens with two attached hydrogens (primary N) is 1. The van der Waals surface area contributed by atoms with Crippen molar-refractivity contribution >= 4 is 17.5 Å². The van der Waals surface area contributed by atoms with Crippen LogP contribution in [0.15, 0.2) is 60.2 Å². The molecule has 5 nitrogen and oxygen atoms in total. The summed E-state index contributed by atoms with van der Waals surface area (Å²) in [5, 5.41) is 2.88. The molecule has 30 heavy (non-hydrogen) atoms. The van der Waals surface area contributed by atoms with Crippen molar-refractivity contribution in [3.63, 3.8) is 0 Å². The third-order valence-corrected chi connectivity index (χ3v) is 6.15. The van der Waals surface area contributed by atoms with E-state index in [0.717, 1.165) is 50.8 Å². The van der Waals surface area contributed by atoms with Gasteiger partial charge in [-0.3, -0.25) is 9.59 Å². The maximum absolute atomic E-state index is 13.0. The number of nitrogens with one attached hydrogen (secondary N) is 1. The van der Waals surface area contributed by atoms with E-state index >= 15 is 0 Å². The Morgan fingerprint density at radius 2 is 1.83 bits per heavy atom. The molecule has 2 aliphatic rings. The Kier molecular flexibility index (Phi) is 6.29. The molecular formula is C25H29N3O2. The van der Waals surface area contributed by atoms with E-state index in [0.29, 0.717) is 23.7 Å². The minimum absolute atomic E-state index is 0.0256. The number of allylic oxidation sites excluding steroid dienone is 1. The van der Waals surface area contributed by atoms with Crippen LogP contribution in [0.4, 0.5) is 5.69 Å². The summed E-state index contributed by atoms with van der Waals surface area (Å²) < 4.78 is 0. The largest absolute Gasteiger partial charge is 0.339 e. The maximum Gasteiger partial charge on any atom is 0.253 e. The fourth-order valence-corrected chi connectivity index (χ4v) is 4.19. The lowest BCUT2D eigenvalue weighted by atomic mass is 9.88. The van der Waals surface area contributed by atoms with Crippen LogP contribution in [-0.2, 0) is 11.3 Å². The summed E-state index contributed by atoms with van der Waals surface area (Å²) in [5.74, 6) is 0.373. The molecular weight excluding hydrogens is 374 g/mol. The van der Waals surface area contributed by atoms with Crippen LogP contribution < -0.4 is 11.1 Å². The van der Waals surface area contributed by atoms with Crippen molar-refractivity contribution in [3.05, 3.63) is 76.9 Å². The van der Waals surface area contributed by atoms with Gasteiger partial charge in [0.2, 0.25) is 5.91 Å². The van der Waals surface area contributed by atoms with Gasteiger partial charge < -0.3 is 16.0 Å². The topological polar surface area (TPSA) is 75.4 Å². The number of carbonyl (C=O) groups excluding carboxylic acids is 2. The average molecular weight is 404 g/mol. The molecule has 1 aliphatic carbocycles. The van der Waals surface area contributed by atoms with Crippen LogP contribution >= 0.6 is 0 Å². The van der Waals surface area contributed by atoms with Gasteiger partial charge in [0.15, 0.2) is 0 Å². The van der Waals surface area contributed by atoms with Crippen LogP contribution in [0.5, 0.6) is 0 Å². The number of nitrogens with zero attached hydrogens (tertiary/aromatic N) is 1. The first-order valence-electron chi connectivity index (χ1n) is 10.8. The molecule has 3 N–H and O–H groups in total. The highest BCUT2D eigenvalue weighted by Gasteiger charge is 2.25. The van der Waals surface area contributed by atoms with Gasteiger partial charge in [0.05, 0.1) is 0 Å². The Labute approximate surface area is 178 Å². The number of carbonyl (C=O) groups is 2. The summed E-state index contributed by atoms with van der Waals surface area (Å²) in [5.41, 5.74) is 10.7. The molecule has 0 aromatic heterocycles. The Morgan fingerprint density at radius 3 is 2.53 bits per heavy atom. The summed E-state index contributed by atoms with van der Waals surface area (Å²) in [4.78, 5) is 27.0. The molecule has 4 rings (SSSR count). The quantitative estimate of drug-likeness (QED) is 0.734. The molecule has 2 aromatic carbocycles. The normalized spacial score (nSPS) is 16.7. The minimum Gasteiger partial charge on any atom is -0.339 e. The highest BCUT2D eigenvalue weighted by atomic mass is 16.2. The summed E-state index contributed by atoms with van der Waals surface area (Å²) in [6.45, 7) is 2.02. The molecule has 156 valence electrons. The van der Waals surface area contributed by atoms with Crippen molar-refractivity contribution in [3.8, 4) is 0 Å². The van der Waals surface area contributed by atoms with Crippen molar-refractivity contribution in [1.29, 1.82) is 0 Å². The lowest BCUT2D eigenvalue weighted by Gasteiger charge is -2.32. The van der Waals surface area contributed by atoms with Crippen LogP contribution in [0.3, 0.4) is 0 Å². The maximum atomic E-state index is 13.0. The smallest absolute Gasteiger partial charge is 0.253 e. The Bertz CT molecular complexity index is 952. The van der Waals surface area contributed by atoms with E-state index in [1.807, 2.05) is 23.1 Å². The number of benzene rings is 2. The van der Waals surface area contributed by atoms with Gasteiger partial charge in [0, 0.05) is 37.0 Å². The van der Waals surface area contributed by atoms with Crippen LogP contribution in [0.2, 0.25) is 0 Å². The van der Waals surface area contributed by atoms with E-state index in [9.17, 15) is 9.59 Å². The molecule has 0 radical (unpaired) electrons. The van der Waals surface area contributed by atoms with E-state index < -0.39 is 0 Å². The predicted molar refractivity (Wildman–Crippen MR) is 119 cm³/mol. The van der Waals surface area contributed by atoms with E-state index in [-0.39, 0.29) is 11.8 Å². The number of anilines is 1. The molecule has 1 heterocycles. The highest BCUT2D eigenvalue weighted by molar-refractivity contribution is 6.01. The van der Waals surface area contributed by atoms with Gasteiger partial charge in [0.1, 0.15) is 0 Å². The number of piperidine rings is 1. The summed E-state index contributed by atoms with van der Waals surface area (Å²) >= 11 is 0. The molecule has 1 saturated heterocycles. The minimum atomic E-state index is -0.116. The lowest BCUT2D eigenvalue weighted by Crippen LogP contribution is -2.38. The van der Waals surface area contributed by atoms with Crippen molar-refractivity contribution in [1.82, 2.24) is 4.90 Å². The van der Waals surface area contributed by atoms with E-state index in [1.54, 1.807) is 12.1 Å². The highest BCUT2D eigenvalue weighted by Crippen LogP contribution is 2.29. The van der Waals surface area contributed by atoms with Crippen LogP contribution in [0.1, 0.15) is 59.5 Å². The monoisotopic (exact) mass is 403 g/mol. The van der Waals surface area contributed by atoms with Gasteiger partial charge in [-0.05, 0) is 67.3 Å². The Morgan fingerprint density at radius 1 is 1.07 bits per heavy atom. The molecule has 5 heteroatoms. The van der Waals surface area contributed by atoms with Crippen LogP contribution in [0, 0.1) is 0 Å². The number of amides is 2. The van der Waals surface area contributed by atoms with Gasteiger partial charge in [-0.15, -0.1) is 0 Å². The van der Waals surface area contributed by atoms with Gasteiger partial charge in [0.25, 0.3) is 5.91 Å². The molecule has 2 aromatic rings. The van der Waals surface area contributed by atoms with Crippen LogP contribution in [-0.4, -0.2) is 29.8 Å². The van der Waals surface area contributed by atoms with Gasteiger partial charge in [-0.2, -0.15) is 0 Å². The SMILES string of the molecule is NCc1cccc(C2CCN(C(=O)c3cccc(NC(=O)C=C4CCC4)c3)CC2)c1. The predicted octanol–water partition coefficient (Wildman–Crippen LogP) is 4.21. The molecule has 2 fully saturated rings. The Balaban J connectivity index is 1.36. The fourth-order valence-electron chi connectivity index (χ4n) is 4.19.